The van der Waals surface area contributed by atoms with Gasteiger partial charge in [-0.2, -0.15) is 9.97 Å². The molecule has 0 aliphatic heterocycles. The van der Waals surface area contributed by atoms with E-state index in [1.807, 2.05) is 91.0 Å². The Labute approximate surface area is 310 Å². The number of aromatic nitrogens is 2. The first-order chi connectivity index (χ1) is 26.4. The van der Waals surface area contributed by atoms with Crippen molar-refractivity contribution in [2.24, 2.45) is 0 Å². The number of anilines is 3. The molecule has 0 atom stereocenters. The minimum absolute atomic E-state index is 0.0310. The SMILES string of the molecule is O=C(Nc1cc(NC(=O)c2ccc(Oc3ccccc3)cc2)nc(NC(=O)c2ccc(Oc3ccccc3)cc2)n1)c1ccc(Oc2ccccc2)cc1. The molecule has 1 heterocycles. The summed E-state index contributed by atoms with van der Waals surface area (Å²) in [7, 11) is 0. The average molecular weight is 714 g/mol. The van der Waals surface area contributed by atoms with Crippen LogP contribution in [0.25, 0.3) is 0 Å². The van der Waals surface area contributed by atoms with E-state index in [4.69, 9.17) is 14.2 Å². The topological polar surface area (TPSA) is 141 Å². The van der Waals surface area contributed by atoms with Crippen LogP contribution < -0.4 is 30.2 Å². The van der Waals surface area contributed by atoms with E-state index in [2.05, 4.69) is 25.9 Å². The number of ether oxygens (including phenoxy) is 3. The smallest absolute Gasteiger partial charge is 0.258 e. The first-order valence-corrected chi connectivity index (χ1v) is 16.8. The first-order valence-electron chi connectivity index (χ1n) is 16.8. The van der Waals surface area contributed by atoms with Crippen LogP contribution in [0.2, 0.25) is 0 Å². The Balaban J connectivity index is 1.08. The molecule has 0 saturated carbocycles. The Morgan fingerprint density at radius 3 is 0.944 bits per heavy atom. The molecule has 11 nitrogen and oxygen atoms in total. The third-order valence-corrected chi connectivity index (χ3v) is 7.72. The van der Waals surface area contributed by atoms with E-state index >= 15 is 0 Å². The lowest BCUT2D eigenvalue weighted by Crippen LogP contribution is -2.19. The number of para-hydroxylation sites is 3. The van der Waals surface area contributed by atoms with E-state index in [-0.39, 0.29) is 17.6 Å². The average Bonchev–Trinajstić information content (AvgIpc) is 3.20. The number of nitrogens with zero attached hydrogens (tertiary/aromatic N) is 2. The molecule has 54 heavy (non-hydrogen) atoms. The second-order valence-electron chi connectivity index (χ2n) is 11.6. The van der Waals surface area contributed by atoms with Crippen LogP contribution in [0.1, 0.15) is 31.1 Å². The number of rotatable bonds is 12. The third kappa shape index (κ3) is 9.30. The zero-order chi connectivity index (χ0) is 37.1. The second-order valence-corrected chi connectivity index (χ2v) is 11.6. The summed E-state index contributed by atoms with van der Waals surface area (Å²) >= 11 is 0. The molecular weight excluding hydrogens is 683 g/mol. The van der Waals surface area contributed by atoms with Crippen molar-refractivity contribution in [3.8, 4) is 34.5 Å². The molecule has 0 saturated heterocycles. The van der Waals surface area contributed by atoms with Gasteiger partial charge in [0.15, 0.2) is 0 Å². The van der Waals surface area contributed by atoms with Gasteiger partial charge in [0.05, 0.1) is 0 Å². The van der Waals surface area contributed by atoms with E-state index in [0.29, 0.717) is 51.2 Å². The molecule has 6 aromatic carbocycles. The molecule has 7 rings (SSSR count). The summed E-state index contributed by atoms with van der Waals surface area (Å²) in [5, 5.41) is 8.12. The van der Waals surface area contributed by atoms with Crippen LogP contribution in [-0.4, -0.2) is 27.7 Å². The number of amides is 3. The fraction of sp³-hybridized carbons (Fsp3) is 0. The Morgan fingerprint density at radius 1 is 0.352 bits per heavy atom. The van der Waals surface area contributed by atoms with E-state index in [1.54, 1.807) is 72.8 Å². The Kier molecular flexibility index (Phi) is 10.6. The molecule has 3 amide bonds. The van der Waals surface area contributed by atoms with Gasteiger partial charge in [-0.15, -0.1) is 0 Å². The normalized spacial score (nSPS) is 10.4. The molecule has 0 bridgehead atoms. The fourth-order valence-electron chi connectivity index (χ4n) is 5.08. The van der Waals surface area contributed by atoms with Gasteiger partial charge in [0.25, 0.3) is 17.7 Å². The number of benzene rings is 6. The summed E-state index contributed by atoms with van der Waals surface area (Å²) in [4.78, 5) is 48.6. The fourth-order valence-corrected chi connectivity index (χ4v) is 5.08. The maximum atomic E-state index is 13.3. The minimum Gasteiger partial charge on any atom is -0.457 e. The summed E-state index contributed by atoms with van der Waals surface area (Å²) in [5.41, 5.74) is 0.941. The van der Waals surface area contributed by atoms with Crippen LogP contribution in [0.4, 0.5) is 17.6 Å². The van der Waals surface area contributed by atoms with Crippen LogP contribution in [0.5, 0.6) is 34.5 Å². The molecule has 0 radical (unpaired) electrons. The number of hydrogen-bond acceptors (Lipinski definition) is 8. The van der Waals surface area contributed by atoms with Crippen molar-refractivity contribution >= 4 is 35.3 Å². The van der Waals surface area contributed by atoms with Gasteiger partial charge < -0.3 is 24.8 Å². The van der Waals surface area contributed by atoms with Crippen molar-refractivity contribution in [3.05, 3.63) is 187 Å². The second kappa shape index (κ2) is 16.5. The summed E-state index contributed by atoms with van der Waals surface area (Å²) in [5.74, 6) is 2.03. The first kappa shape index (κ1) is 34.6. The minimum atomic E-state index is -0.523. The van der Waals surface area contributed by atoms with E-state index in [1.165, 1.54) is 6.07 Å². The maximum absolute atomic E-state index is 13.3. The lowest BCUT2D eigenvalue weighted by molar-refractivity contribution is 0.101. The number of nitrogens with one attached hydrogen (secondary N) is 3. The van der Waals surface area contributed by atoms with Gasteiger partial charge in [-0.05, 0) is 109 Å². The van der Waals surface area contributed by atoms with Crippen LogP contribution in [0.15, 0.2) is 170 Å². The maximum Gasteiger partial charge on any atom is 0.258 e. The molecule has 0 fully saturated rings. The highest BCUT2D eigenvalue weighted by molar-refractivity contribution is 6.07. The van der Waals surface area contributed by atoms with Crippen molar-refractivity contribution in [1.29, 1.82) is 0 Å². The quantitative estimate of drug-likeness (QED) is 0.114. The van der Waals surface area contributed by atoms with Crippen molar-refractivity contribution in [1.82, 2.24) is 9.97 Å². The number of hydrogen-bond donors (Lipinski definition) is 3. The summed E-state index contributed by atoms with van der Waals surface area (Å²) in [6.07, 6.45) is 0. The zero-order valence-corrected chi connectivity index (χ0v) is 28.5. The molecular formula is C43H31N5O6. The number of carbonyl (C=O) groups is 3. The zero-order valence-electron chi connectivity index (χ0n) is 28.5. The van der Waals surface area contributed by atoms with Crippen LogP contribution >= 0.6 is 0 Å². The molecule has 3 N–H and O–H groups in total. The van der Waals surface area contributed by atoms with Crippen LogP contribution in [0.3, 0.4) is 0 Å². The molecule has 1 aromatic heterocycles. The van der Waals surface area contributed by atoms with Gasteiger partial charge in [0.2, 0.25) is 5.95 Å². The van der Waals surface area contributed by atoms with Gasteiger partial charge in [-0.3, -0.25) is 19.7 Å². The molecule has 0 aliphatic carbocycles. The van der Waals surface area contributed by atoms with Gasteiger partial charge in [0.1, 0.15) is 46.1 Å². The van der Waals surface area contributed by atoms with E-state index in [9.17, 15) is 14.4 Å². The largest absolute Gasteiger partial charge is 0.457 e. The molecule has 0 spiro atoms. The predicted molar refractivity (Wildman–Crippen MR) is 205 cm³/mol. The molecule has 7 aromatic rings. The summed E-state index contributed by atoms with van der Waals surface area (Å²) in [6.45, 7) is 0. The van der Waals surface area contributed by atoms with Gasteiger partial charge in [-0.1, -0.05) is 54.6 Å². The van der Waals surface area contributed by atoms with Crippen molar-refractivity contribution in [2.45, 2.75) is 0 Å². The molecule has 11 heteroatoms. The monoisotopic (exact) mass is 713 g/mol. The van der Waals surface area contributed by atoms with Gasteiger partial charge >= 0.3 is 0 Å². The van der Waals surface area contributed by atoms with Crippen molar-refractivity contribution < 1.29 is 28.6 Å². The van der Waals surface area contributed by atoms with Crippen LogP contribution in [-0.2, 0) is 0 Å². The highest BCUT2D eigenvalue weighted by atomic mass is 16.5. The predicted octanol–water partition coefficient (Wildman–Crippen LogP) is 9.61. The standard InChI is InChI=1S/C43H31N5O6/c49-40(29-16-22-35(23-17-29)52-32-10-4-1-5-11-32)44-38-28-39(45-41(50)30-18-24-36(25-19-30)53-33-12-6-2-7-13-33)47-43(46-38)48-42(51)31-20-26-37(27-21-31)54-34-14-8-3-9-15-34/h1-28H,(H3,44,45,46,47,48,49,50,51). The highest BCUT2D eigenvalue weighted by Gasteiger charge is 2.16. The lowest BCUT2D eigenvalue weighted by atomic mass is 10.2. The Morgan fingerprint density at radius 2 is 0.630 bits per heavy atom. The Hall–Kier alpha value is -7.79. The highest BCUT2D eigenvalue weighted by Crippen LogP contribution is 2.25. The molecule has 0 unspecified atom stereocenters. The Bertz CT molecular complexity index is 2080. The third-order valence-electron chi connectivity index (χ3n) is 7.72. The van der Waals surface area contributed by atoms with Gasteiger partial charge in [0, 0.05) is 22.8 Å². The summed E-state index contributed by atoms with van der Waals surface area (Å²) < 4.78 is 17.5. The lowest BCUT2D eigenvalue weighted by Gasteiger charge is -2.12. The van der Waals surface area contributed by atoms with Crippen LogP contribution in [0, 0.1) is 0 Å². The summed E-state index contributed by atoms with van der Waals surface area (Å²) in [6, 6.07) is 48.8. The molecule has 0 aliphatic rings. The number of carbonyl (C=O) groups excluding carboxylic acids is 3. The van der Waals surface area contributed by atoms with Crippen molar-refractivity contribution in [3.63, 3.8) is 0 Å². The van der Waals surface area contributed by atoms with Gasteiger partial charge in [-0.25, -0.2) is 0 Å². The van der Waals surface area contributed by atoms with E-state index < -0.39 is 17.7 Å². The van der Waals surface area contributed by atoms with Crippen molar-refractivity contribution in [2.75, 3.05) is 16.0 Å². The molecule has 264 valence electrons. The van der Waals surface area contributed by atoms with E-state index in [0.717, 1.165) is 0 Å².